The summed E-state index contributed by atoms with van der Waals surface area (Å²) >= 11 is 0. The van der Waals surface area contributed by atoms with Crippen LogP contribution in [0.25, 0.3) is 0 Å². The second kappa shape index (κ2) is 7.10. The van der Waals surface area contributed by atoms with Crippen molar-refractivity contribution >= 4 is 11.8 Å². The standard InChI is InChI=1S/C21H22FN3O2/c22-18-6-4-16(5-7-18)14-24-11-2-8-21(20(24)27)9-12-25(15-21)19(26)17-3-1-10-23-13-17/h1,3-7,10,13H,2,8-9,11-12,14-15H2/t21-/m0/s1. The van der Waals surface area contributed by atoms with E-state index in [1.165, 1.54) is 12.1 Å². The van der Waals surface area contributed by atoms with Gasteiger partial charge in [-0.15, -0.1) is 0 Å². The first kappa shape index (κ1) is 17.6. The molecule has 4 rings (SSSR count). The number of nitrogens with zero attached hydrogens (tertiary/aromatic N) is 3. The number of pyridine rings is 1. The summed E-state index contributed by atoms with van der Waals surface area (Å²) in [5.41, 5.74) is 0.986. The first-order valence-corrected chi connectivity index (χ1v) is 9.31. The van der Waals surface area contributed by atoms with Crippen molar-refractivity contribution in [2.45, 2.75) is 25.8 Å². The van der Waals surface area contributed by atoms with Gasteiger partial charge in [-0.25, -0.2) is 4.39 Å². The van der Waals surface area contributed by atoms with Crippen LogP contribution >= 0.6 is 0 Å². The van der Waals surface area contributed by atoms with Crippen LogP contribution in [0.4, 0.5) is 4.39 Å². The number of piperidine rings is 1. The number of hydrogen-bond donors (Lipinski definition) is 0. The fourth-order valence-electron chi connectivity index (χ4n) is 4.21. The zero-order chi connectivity index (χ0) is 18.9. The van der Waals surface area contributed by atoms with Gasteiger partial charge in [-0.2, -0.15) is 0 Å². The molecule has 2 aliphatic rings. The van der Waals surface area contributed by atoms with Crippen LogP contribution in [0.5, 0.6) is 0 Å². The van der Waals surface area contributed by atoms with Crippen molar-refractivity contribution in [1.29, 1.82) is 0 Å². The number of aromatic nitrogens is 1. The highest BCUT2D eigenvalue weighted by atomic mass is 19.1. The summed E-state index contributed by atoms with van der Waals surface area (Å²) in [7, 11) is 0. The predicted molar refractivity (Wildman–Crippen MR) is 98.2 cm³/mol. The third kappa shape index (κ3) is 3.44. The molecule has 0 N–H and O–H groups in total. The molecule has 1 aromatic carbocycles. The molecule has 6 heteroatoms. The van der Waals surface area contributed by atoms with Gasteiger partial charge in [0.2, 0.25) is 5.91 Å². The number of benzene rings is 1. The van der Waals surface area contributed by atoms with Crippen LogP contribution in [0, 0.1) is 11.2 Å². The van der Waals surface area contributed by atoms with Gasteiger partial charge in [0.05, 0.1) is 11.0 Å². The average Bonchev–Trinajstić information content (AvgIpc) is 3.12. The molecule has 0 radical (unpaired) electrons. The van der Waals surface area contributed by atoms with Crippen LogP contribution < -0.4 is 0 Å². The van der Waals surface area contributed by atoms with Gasteiger partial charge in [0.25, 0.3) is 5.91 Å². The Kier molecular flexibility index (Phi) is 4.64. The van der Waals surface area contributed by atoms with Crippen LogP contribution in [0.3, 0.4) is 0 Å². The Morgan fingerprint density at radius 2 is 1.96 bits per heavy atom. The van der Waals surface area contributed by atoms with E-state index >= 15 is 0 Å². The van der Waals surface area contributed by atoms with Crippen LogP contribution in [0.1, 0.15) is 35.2 Å². The van der Waals surface area contributed by atoms with E-state index in [0.29, 0.717) is 38.2 Å². The molecule has 1 atom stereocenters. The van der Waals surface area contributed by atoms with Crippen molar-refractivity contribution in [3.8, 4) is 0 Å². The molecule has 27 heavy (non-hydrogen) atoms. The van der Waals surface area contributed by atoms with Gasteiger partial charge in [0.1, 0.15) is 5.82 Å². The molecule has 1 spiro atoms. The molecule has 0 unspecified atom stereocenters. The minimum Gasteiger partial charge on any atom is -0.338 e. The Hall–Kier alpha value is -2.76. The Morgan fingerprint density at radius 3 is 2.70 bits per heavy atom. The Balaban J connectivity index is 1.47. The Labute approximate surface area is 157 Å². The minimum atomic E-state index is -0.490. The number of halogens is 1. The summed E-state index contributed by atoms with van der Waals surface area (Å²) in [6, 6.07) is 9.78. The molecule has 2 fully saturated rings. The summed E-state index contributed by atoms with van der Waals surface area (Å²) < 4.78 is 13.1. The lowest BCUT2D eigenvalue weighted by Gasteiger charge is -2.39. The van der Waals surface area contributed by atoms with Crippen LogP contribution in [0.15, 0.2) is 48.8 Å². The Bertz CT molecular complexity index is 840. The van der Waals surface area contributed by atoms with Crippen LogP contribution in [-0.2, 0) is 11.3 Å². The van der Waals surface area contributed by atoms with Crippen molar-refractivity contribution in [3.63, 3.8) is 0 Å². The molecule has 0 bridgehead atoms. The number of carbonyl (C=O) groups is 2. The second-order valence-corrected chi connectivity index (χ2v) is 7.46. The molecule has 2 aromatic rings. The highest BCUT2D eigenvalue weighted by Gasteiger charge is 2.49. The van der Waals surface area contributed by atoms with Crippen LogP contribution in [-0.4, -0.2) is 46.2 Å². The molecule has 1 aromatic heterocycles. The average molecular weight is 367 g/mol. The second-order valence-electron chi connectivity index (χ2n) is 7.46. The van der Waals surface area contributed by atoms with E-state index in [4.69, 9.17) is 0 Å². The van der Waals surface area contributed by atoms with Gasteiger partial charge >= 0.3 is 0 Å². The fourth-order valence-corrected chi connectivity index (χ4v) is 4.21. The molecule has 2 saturated heterocycles. The van der Waals surface area contributed by atoms with E-state index in [2.05, 4.69) is 4.98 Å². The normalized spacial score (nSPS) is 22.5. The van der Waals surface area contributed by atoms with E-state index in [1.807, 2.05) is 4.90 Å². The number of hydrogen-bond acceptors (Lipinski definition) is 3. The molecule has 5 nitrogen and oxygen atoms in total. The topological polar surface area (TPSA) is 53.5 Å². The number of carbonyl (C=O) groups excluding carboxylic acids is 2. The first-order chi connectivity index (χ1) is 13.1. The third-order valence-electron chi connectivity index (χ3n) is 5.66. The van der Waals surface area contributed by atoms with Gasteiger partial charge in [-0.1, -0.05) is 12.1 Å². The molecule has 0 saturated carbocycles. The van der Waals surface area contributed by atoms with Gasteiger partial charge in [0.15, 0.2) is 0 Å². The van der Waals surface area contributed by atoms with Gasteiger partial charge in [-0.3, -0.25) is 14.6 Å². The highest BCUT2D eigenvalue weighted by Crippen LogP contribution is 2.40. The number of likely N-dealkylation sites (tertiary alicyclic amines) is 2. The third-order valence-corrected chi connectivity index (χ3v) is 5.66. The van der Waals surface area contributed by atoms with E-state index in [0.717, 1.165) is 18.4 Å². The maximum absolute atomic E-state index is 13.2. The first-order valence-electron chi connectivity index (χ1n) is 9.31. The van der Waals surface area contributed by atoms with Crippen molar-refractivity contribution in [3.05, 3.63) is 65.7 Å². The SMILES string of the molecule is O=C(c1cccnc1)N1CC[C@@]2(CCCN(Cc3ccc(F)cc3)C2=O)C1. The lowest BCUT2D eigenvalue weighted by atomic mass is 9.78. The van der Waals surface area contributed by atoms with E-state index in [-0.39, 0.29) is 17.6 Å². The van der Waals surface area contributed by atoms with Gasteiger partial charge in [-0.05, 0) is 49.1 Å². The molecule has 140 valence electrons. The monoisotopic (exact) mass is 367 g/mol. The largest absolute Gasteiger partial charge is 0.338 e. The van der Waals surface area contributed by atoms with Crippen molar-refractivity contribution in [2.24, 2.45) is 5.41 Å². The van der Waals surface area contributed by atoms with Crippen molar-refractivity contribution < 1.29 is 14.0 Å². The lowest BCUT2D eigenvalue weighted by molar-refractivity contribution is -0.146. The molecular formula is C21H22FN3O2. The van der Waals surface area contributed by atoms with E-state index in [1.54, 1.807) is 41.6 Å². The quantitative estimate of drug-likeness (QED) is 0.838. The summed E-state index contributed by atoms with van der Waals surface area (Å²) in [6.45, 7) is 2.23. The fraction of sp³-hybridized carbons (Fsp3) is 0.381. The predicted octanol–water partition coefficient (Wildman–Crippen LogP) is 2.88. The zero-order valence-corrected chi connectivity index (χ0v) is 15.1. The van der Waals surface area contributed by atoms with Gasteiger partial charge < -0.3 is 9.80 Å². The maximum Gasteiger partial charge on any atom is 0.255 e. The molecular weight excluding hydrogens is 345 g/mol. The van der Waals surface area contributed by atoms with Crippen molar-refractivity contribution in [1.82, 2.24) is 14.8 Å². The molecule has 3 heterocycles. The molecule has 0 aliphatic carbocycles. The van der Waals surface area contributed by atoms with Crippen molar-refractivity contribution in [2.75, 3.05) is 19.6 Å². The summed E-state index contributed by atoms with van der Waals surface area (Å²) in [6.07, 6.45) is 5.62. The van der Waals surface area contributed by atoms with Crippen LogP contribution in [0.2, 0.25) is 0 Å². The number of amides is 2. The number of rotatable bonds is 3. The molecule has 2 aliphatic heterocycles. The smallest absolute Gasteiger partial charge is 0.255 e. The maximum atomic E-state index is 13.2. The molecule has 2 amide bonds. The highest BCUT2D eigenvalue weighted by molar-refractivity contribution is 5.95. The zero-order valence-electron chi connectivity index (χ0n) is 15.1. The Morgan fingerprint density at radius 1 is 1.15 bits per heavy atom. The van der Waals surface area contributed by atoms with E-state index < -0.39 is 5.41 Å². The summed E-state index contributed by atoms with van der Waals surface area (Å²) in [5.74, 6) is -0.233. The van der Waals surface area contributed by atoms with E-state index in [9.17, 15) is 14.0 Å². The summed E-state index contributed by atoms with van der Waals surface area (Å²) in [5, 5.41) is 0. The minimum absolute atomic E-state index is 0.0663. The summed E-state index contributed by atoms with van der Waals surface area (Å²) in [4.78, 5) is 33.6. The van der Waals surface area contributed by atoms with Gasteiger partial charge in [0, 0.05) is 38.6 Å². The lowest BCUT2D eigenvalue weighted by Crippen LogP contribution is -2.50.